The maximum atomic E-state index is 12.3. The second-order valence-corrected chi connectivity index (χ2v) is 13.4. The van der Waals surface area contributed by atoms with Crippen LogP contribution in [-0.4, -0.2) is 83.4 Å². The molecule has 0 saturated carbocycles. The van der Waals surface area contributed by atoms with E-state index in [1.807, 2.05) is 106 Å². The number of para-hydroxylation sites is 1. The maximum absolute atomic E-state index is 12.3. The molecule has 3 heterocycles. The number of anilines is 3. The van der Waals surface area contributed by atoms with Gasteiger partial charge in [-0.15, -0.1) is 0 Å². The van der Waals surface area contributed by atoms with E-state index >= 15 is 0 Å². The molecule has 1 aliphatic rings. The van der Waals surface area contributed by atoms with Crippen molar-refractivity contribution < 1.29 is 23.5 Å². The summed E-state index contributed by atoms with van der Waals surface area (Å²) >= 11 is 0. The molecule has 3 aromatic carbocycles. The van der Waals surface area contributed by atoms with Gasteiger partial charge >= 0.3 is 12.1 Å². The molecule has 12 nitrogen and oxygen atoms in total. The molecule has 3 N–H and O–H groups in total. The first kappa shape index (κ1) is 35.2. The Bertz CT molecular complexity index is 1880. The normalized spacial score (nSPS) is 13.5. The van der Waals surface area contributed by atoms with E-state index in [4.69, 9.17) is 13.9 Å². The summed E-state index contributed by atoms with van der Waals surface area (Å²) in [7, 11) is 0. The molecule has 0 spiro atoms. The highest BCUT2D eigenvalue weighted by atomic mass is 16.6. The third-order valence-electron chi connectivity index (χ3n) is 8.33. The highest BCUT2D eigenvalue weighted by Gasteiger charge is 2.25. The van der Waals surface area contributed by atoms with Gasteiger partial charge in [-0.25, -0.2) is 19.6 Å². The number of amides is 3. The van der Waals surface area contributed by atoms with Gasteiger partial charge in [0.1, 0.15) is 29.3 Å². The summed E-state index contributed by atoms with van der Waals surface area (Å²) in [6.07, 6.45) is 2.91. The van der Waals surface area contributed by atoms with Crippen LogP contribution in [0, 0.1) is 0 Å². The number of urea groups is 1. The molecule has 51 heavy (non-hydrogen) atoms. The lowest BCUT2D eigenvalue weighted by Crippen LogP contribution is -2.50. The van der Waals surface area contributed by atoms with Crippen LogP contribution in [0.2, 0.25) is 0 Å². The number of hydrogen-bond acceptors (Lipinski definition) is 9. The quantitative estimate of drug-likeness (QED) is 0.114. The van der Waals surface area contributed by atoms with Crippen molar-refractivity contribution in [2.75, 3.05) is 61.8 Å². The predicted octanol–water partition coefficient (Wildman–Crippen LogP) is 7.51. The van der Waals surface area contributed by atoms with Crippen LogP contribution in [0.15, 0.2) is 95.7 Å². The van der Waals surface area contributed by atoms with Crippen LogP contribution in [0.5, 0.6) is 5.75 Å². The summed E-state index contributed by atoms with van der Waals surface area (Å²) in [5.74, 6) is 2.20. The number of nitrogens with one attached hydrogen (secondary N) is 3. The summed E-state index contributed by atoms with van der Waals surface area (Å²) in [4.78, 5) is 37.5. The van der Waals surface area contributed by atoms with Crippen LogP contribution in [0.25, 0.3) is 22.4 Å². The number of carbonyl (C=O) groups is 2. The van der Waals surface area contributed by atoms with Crippen molar-refractivity contribution in [3.8, 4) is 17.1 Å². The monoisotopic (exact) mass is 691 g/mol. The zero-order valence-corrected chi connectivity index (χ0v) is 29.4. The molecule has 5 aromatic rings. The van der Waals surface area contributed by atoms with Gasteiger partial charge in [0.05, 0.1) is 12.0 Å². The summed E-state index contributed by atoms with van der Waals surface area (Å²) in [5, 5.41) is 9.89. The fourth-order valence-corrected chi connectivity index (χ4v) is 5.71. The van der Waals surface area contributed by atoms with E-state index in [1.165, 1.54) is 6.33 Å². The Balaban J connectivity index is 0.931. The molecule has 0 aliphatic carbocycles. The first-order valence-electron chi connectivity index (χ1n) is 17.3. The molecule has 12 heteroatoms. The fourth-order valence-electron chi connectivity index (χ4n) is 5.71. The Morgan fingerprint density at radius 2 is 1.57 bits per heavy atom. The van der Waals surface area contributed by atoms with Crippen molar-refractivity contribution in [2.24, 2.45) is 0 Å². The predicted molar refractivity (Wildman–Crippen MR) is 199 cm³/mol. The number of benzene rings is 3. The van der Waals surface area contributed by atoms with Crippen molar-refractivity contribution in [1.29, 1.82) is 0 Å². The standard InChI is InChI=1S/C39H45N7O5/c1-39(2,3)51-38(48)46-23-21-45(22-24-46)20-7-25-49-32-16-12-29(13-17-32)34-26-33-35(41-27-42-36(33)50-34)40-19-18-28-10-14-31(15-11-28)44-37(47)43-30-8-5-4-6-9-30/h4-6,8-17,26-27H,7,18-25H2,1-3H3,(H,40,41,42)(H2,43,44,47). The molecule has 0 radical (unpaired) electrons. The minimum absolute atomic E-state index is 0.238. The third-order valence-corrected chi connectivity index (χ3v) is 8.33. The van der Waals surface area contributed by atoms with Crippen LogP contribution >= 0.6 is 0 Å². The zero-order valence-electron chi connectivity index (χ0n) is 29.4. The summed E-state index contributed by atoms with van der Waals surface area (Å²) in [5.41, 5.74) is 3.52. The molecule has 6 rings (SSSR count). The van der Waals surface area contributed by atoms with Crippen LogP contribution in [0.1, 0.15) is 32.8 Å². The van der Waals surface area contributed by atoms with E-state index in [9.17, 15) is 9.59 Å². The number of furan rings is 1. The maximum Gasteiger partial charge on any atom is 0.410 e. The van der Waals surface area contributed by atoms with Gasteiger partial charge in [0.2, 0.25) is 5.71 Å². The second-order valence-electron chi connectivity index (χ2n) is 13.4. The van der Waals surface area contributed by atoms with Crippen molar-refractivity contribution in [3.05, 3.63) is 96.8 Å². The smallest absolute Gasteiger partial charge is 0.410 e. The summed E-state index contributed by atoms with van der Waals surface area (Å²) in [6, 6.07) is 26.6. The highest BCUT2D eigenvalue weighted by molar-refractivity contribution is 5.99. The summed E-state index contributed by atoms with van der Waals surface area (Å²) in [6.45, 7) is 10.8. The van der Waals surface area contributed by atoms with E-state index in [2.05, 4.69) is 30.8 Å². The van der Waals surface area contributed by atoms with Crippen molar-refractivity contribution in [1.82, 2.24) is 19.8 Å². The van der Waals surface area contributed by atoms with Gasteiger partial charge in [0.15, 0.2) is 0 Å². The Kier molecular flexibility index (Phi) is 11.3. The lowest BCUT2D eigenvalue weighted by Gasteiger charge is -2.35. The van der Waals surface area contributed by atoms with Gasteiger partial charge in [0.25, 0.3) is 0 Å². The fraction of sp³-hybridized carbons (Fsp3) is 0.333. The van der Waals surface area contributed by atoms with Gasteiger partial charge in [-0.05, 0) is 93.8 Å². The Labute approximate surface area is 298 Å². The lowest BCUT2D eigenvalue weighted by molar-refractivity contribution is 0.0142. The van der Waals surface area contributed by atoms with Gasteiger partial charge in [-0.1, -0.05) is 30.3 Å². The van der Waals surface area contributed by atoms with Crippen LogP contribution in [0.3, 0.4) is 0 Å². The van der Waals surface area contributed by atoms with Crippen LogP contribution < -0.4 is 20.7 Å². The molecule has 3 amide bonds. The number of fused-ring (bicyclic) bond motifs is 1. The van der Waals surface area contributed by atoms with E-state index in [-0.39, 0.29) is 12.1 Å². The molecule has 1 fully saturated rings. The van der Waals surface area contributed by atoms with Gasteiger partial charge < -0.3 is 34.7 Å². The number of ether oxygens (including phenoxy) is 2. The highest BCUT2D eigenvalue weighted by Crippen LogP contribution is 2.31. The van der Waals surface area contributed by atoms with Crippen LogP contribution in [0.4, 0.5) is 26.8 Å². The molecule has 1 saturated heterocycles. The second kappa shape index (κ2) is 16.4. The van der Waals surface area contributed by atoms with E-state index < -0.39 is 5.60 Å². The van der Waals surface area contributed by atoms with Crippen molar-refractivity contribution in [2.45, 2.75) is 39.2 Å². The topological polar surface area (TPSA) is 134 Å². The SMILES string of the molecule is CC(C)(C)OC(=O)N1CCN(CCCOc2ccc(-c3cc4c(NCCc5ccc(NC(=O)Nc6ccccc6)cc5)ncnc4o3)cc2)CC1. The first-order chi connectivity index (χ1) is 24.7. The molecular weight excluding hydrogens is 646 g/mol. The zero-order chi connectivity index (χ0) is 35.6. The minimum atomic E-state index is -0.478. The Morgan fingerprint density at radius 1 is 0.863 bits per heavy atom. The molecular formula is C39H45N7O5. The molecule has 0 bridgehead atoms. The first-order valence-corrected chi connectivity index (χ1v) is 17.3. The molecule has 0 atom stereocenters. The molecule has 1 aliphatic heterocycles. The molecule has 2 aromatic heterocycles. The van der Waals surface area contributed by atoms with Crippen molar-refractivity contribution >= 4 is 40.4 Å². The Morgan fingerprint density at radius 3 is 2.27 bits per heavy atom. The number of carbonyl (C=O) groups excluding carboxylic acids is 2. The third kappa shape index (κ3) is 10.2. The van der Waals surface area contributed by atoms with E-state index in [0.717, 1.165) is 60.4 Å². The Hall–Kier alpha value is -5.62. The van der Waals surface area contributed by atoms with E-state index in [0.29, 0.717) is 49.2 Å². The average Bonchev–Trinajstić information content (AvgIpc) is 3.57. The number of aromatic nitrogens is 2. The lowest BCUT2D eigenvalue weighted by atomic mass is 10.1. The van der Waals surface area contributed by atoms with E-state index in [1.54, 1.807) is 4.90 Å². The van der Waals surface area contributed by atoms with Gasteiger partial charge in [-0.3, -0.25) is 4.90 Å². The van der Waals surface area contributed by atoms with Gasteiger partial charge in [0, 0.05) is 56.2 Å². The van der Waals surface area contributed by atoms with Gasteiger partial charge in [-0.2, -0.15) is 0 Å². The number of hydrogen-bond donors (Lipinski definition) is 3. The largest absolute Gasteiger partial charge is 0.494 e. The molecule has 0 unspecified atom stereocenters. The van der Waals surface area contributed by atoms with Crippen molar-refractivity contribution in [3.63, 3.8) is 0 Å². The number of nitrogens with zero attached hydrogens (tertiary/aromatic N) is 4. The van der Waals surface area contributed by atoms with Crippen LogP contribution in [-0.2, 0) is 11.2 Å². The average molecular weight is 692 g/mol. The molecule has 266 valence electrons. The minimum Gasteiger partial charge on any atom is -0.494 e. The summed E-state index contributed by atoms with van der Waals surface area (Å²) < 4.78 is 17.6. The number of rotatable bonds is 12. The number of piperazine rings is 1.